The van der Waals surface area contributed by atoms with E-state index < -0.39 is 5.82 Å². The van der Waals surface area contributed by atoms with Crippen LogP contribution in [0.25, 0.3) is 0 Å². The van der Waals surface area contributed by atoms with Crippen molar-refractivity contribution in [3.05, 3.63) is 35.1 Å². The second kappa shape index (κ2) is 4.80. The van der Waals surface area contributed by atoms with E-state index >= 15 is 0 Å². The van der Waals surface area contributed by atoms with Gasteiger partial charge >= 0.3 is 0 Å². The predicted octanol–water partition coefficient (Wildman–Crippen LogP) is 2.14. The molecule has 0 amide bonds. The van der Waals surface area contributed by atoms with Crippen LogP contribution in [0.15, 0.2) is 18.2 Å². The Balaban J connectivity index is 0.00000144. The zero-order valence-corrected chi connectivity index (χ0v) is 7.94. The third-order valence-corrected chi connectivity index (χ3v) is 1.57. The van der Waals surface area contributed by atoms with Crippen LogP contribution in [0.3, 0.4) is 0 Å². The van der Waals surface area contributed by atoms with Crippen molar-refractivity contribution in [1.29, 1.82) is 5.26 Å². The fourth-order valence-electron chi connectivity index (χ4n) is 0.940. The van der Waals surface area contributed by atoms with E-state index in [0.717, 1.165) is 0 Å². The molecule has 1 aromatic carbocycles. The van der Waals surface area contributed by atoms with Crippen molar-refractivity contribution in [1.82, 2.24) is 0 Å². The lowest BCUT2D eigenvalue weighted by molar-refractivity contribution is 0.622. The highest BCUT2D eigenvalue weighted by Crippen LogP contribution is 2.13. The fraction of sp³-hybridized carbons (Fsp3) is 0.222. The van der Waals surface area contributed by atoms with Gasteiger partial charge in [0.05, 0.1) is 11.6 Å². The number of nitriles is 1. The van der Waals surface area contributed by atoms with Gasteiger partial charge in [0.1, 0.15) is 5.82 Å². The summed E-state index contributed by atoms with van der Waals surface area (Å²) in [5.74, 6) is -0.415. The summed E-state index contributed by atoms with van der Waals surface area (Å²) in [5.41, 5.74) is 6.48. The third-order valence-electron chi connectivity index (χ3n) is 1.57. The molecule has 0 bridgehead atoms. The second-order valence-electron chi connectivity index (χ2n) is 2.67. The number of nitrogens with zero attached hydrogens (tertiary/aromatic N) is 1. The number of rotatable bonds is 1. The molecule has 0 aliphatic rings. The molecule has 4 heteroatoms. The lowest BCUT2D eigenvalue weighted by Crippen LogP contribution is -2.05. The monoisotopic (exact) mass is 200 g/mol. The molecule has 0 aromatic heterocycles. The number of nitrogens with two attached hydrogens (primary N) is 1. The first-order valence-corrected chi connectivity index (χ1v) is 3.59. The molecule has 2 nitrogen and oxygen atoms in total. The van der Waals surface area contributed by atoms with Gasteiger partial charge in [0.25, 0.3) is 0 Å². The normalized spacial score (nSPS) is 11.2. The van der Waals surface area contributed by atoms with Gasteiger partial charge in [-0.15, -0.1) is 12.4 Å². The minimum atomic E-state index is -0.415. The number of hydrogen-bond donors (Lipinski definition) is 1. The first-order chi connectivity index (χ1) is 5.63. The Morgan fingerprint density at radius 1 is 1.46 bits per heavy atom. The van der Waals surface area contributed by atoms with Crippen molar-refractivity contribution in [3.8, 4) is 6.07 Å². The minimum absolute atomic E-state index is 0. The van der Waals surface area contributed by atoms with Gasteiger partial charge in [-0.1, -0.05) is 0 Å². The van der Waals surface area contributed by atoms with Gasteiger partial charge in [-0.05, 0) is 30.7 Å². The summed E-state index contributed by atoms with van der Waals surface area (Å²) in [5, 5.41) is 8.51. The molecule has 0 aliphatic carbocycles. The van der Waals surface area contributed by atoms with Crippen molar-refractivity contribution in [2.75, 3.05) is 0 Å². The Bertz CT molecular complexity index is 331. The molecule has 0 aliphatic heterocycles. The predicted molar refractivity (Wildman–Crippen MR) is 51.0 cm³/mol. The first kappa shape index (κ1) is 11.9. The van der Waals surface area contributed by atoms with Crippen LogP contribution >= 0.6 is 12.4 Å². The molecule has 0 saturated heterocycles. The summed E-state index contributed by atoms with van der Waals surface area (Å²) in [4.78, 5) is 0. The number of benzene rings is 1. The average Bonchev–Trinajstić information content (AvgIpc) is 2.03. The quantitative estimate of drug-likeness (QED) is 0.755. The molecule has 70 valence electrons. The highest BCUT2D eigenvalue weighted by Gasteiger charge is 2.03. The van der Waals surface area contributed by atoms with Crippen LogP contribution < -0.4 is 5.73 Å². The fourth-order valence-corrected chi connectivity index (χ4v) is 0.940. The summed E-state index contributed by atoms with van der Waals surface area (Å²) >= 11 is 0. The second-order valence-corrected chi connectivity index (χ2v) is 2.67. The summed E-state index contributed by atoms with van der Waals surface area (Å²) in [6.07, 6.45) is 0. The minimum Gasteiger partial charge on any atom is -0.324 e. The smallest absolute Gasteiger partial charge is 0.124 e. The van der Waals surface area contributed by atoms with Crippen LogP contribution in [0, 0.1) is 17.1 Å². The van der Waals surface area contributed by atoms with E-state index in [9.17, 15) is 4.39 Å². The number of halogens is 2. The van der Waals surface area contributed by atoms with E-state index in [4.69, 9.17) is 11.0 Å². The Morgan fingerprint density at radius 2 is 2.08 bits per heavy atom. The van der Waals surface area contributed by atoms with Crippen molar-refractivity contribution in [2.45, 2.75) is 13.0 Å². The molecule has 0 radical (unpaired) electrons. The van der Waals surface area contributed by atoms with E-state index in [1.54, 1.807) is 13.0 Å². The molecular formula is C9H10ClFN2. The van der Waals surface area contributed by atoms with Gasteiger partial charge < -0.3 is 5.73 Å². The van der Waals surface area contributed by atoms with Crippen molar-refractivity contribution >= 4 is 12.4 Å². The van der Waals surface area contributed by atoms with Crippen LogP contribution in [-0.4, -0.2) is 0 Å². The van der Waals surface area contributed by atoms with Crippen molar-refractivity contribution < 1.29 is 4.39 Å². The molecule has 1 atom stereocenters. The maximum atomic E-state index is 12.8. The topological polar surface area (TPSA) is 49.8 Å². The molecule has 2 N–H and O–H groups in total. The molecule has 13 heavy (non-hydrogen) atoms. The summed E-state index contributed by atoms with van der Waals surface area (Å²) in [6.45, 7) is 1.75. The average molecular weight is 201 g/mol. The van der Waals surface area contributed by atoms with Gasteiger partial charge in [-0.25, -0.2) is 4.39 Å². The Kier molecular flexibility index (Phi) is 4.39. The molecule has 0 spiro atoms. The van der Waals surface area contributed by atoms with E-state index in [-0.39, 0.29) is 18.4 Å². The molecule has 1 aromatic rings. The van der Waals surface area contributed by atoms with Crippen LogP contribution in [-0.2, 0) is 0 Å². The van der Waals surface area contributed by atoms with Gasteiger partial charge in [-0.2, -0.15) is 5.26 Å². The highest BCUT2D eigenvalue weighted by atomic mass is 35.5. The Labute approximate surface area is 82.6 Å². The molecule has 0 fully saturated rings. The molecule has 0 unspecified atom stereocenters. The standard InChI is InChI=1S/C9H9FN2.ClH/c1-6(12)8-2-7(5-11)3-9(10)4-8;/h2-4,6H,12H2,1H3;1H/t6-;/m0./s1. The lowest BCUT2D eigenvalue weighted by atomic mass is 10.1. The van der Waals surface area contributed by atoms with Gasteiger partial charge in [0.2, 0.25) is 0 Å². The van der Waals surface area contributed by atoms with Crippen LogP contribution in [0.2, 0.25) is 0 Å². The summed E-state index contributed by atoms with van der Waals surface area (Å²) in [6, 6.07) is 5.74. The third kappa shape index (κ3) is 3.02. The van der Waals surface area contributed by atoms with Crippen molar-refractivity contribution in [3.63, 3.8) is 0 Å². The zero-order chi connectivity index (χ0) is 9.14. The van der Waals surface area contributed by atoms with E-state index in [1.165, 1.54) is 12.1 Å². The first-order valence-electron chi connectivity index (χ1n) is 3.59. The lowest BCUT2D eigenvalue weighted by Gasteiger charge is -2.05. The maximum Gasteiger partial charge on any atom is 0.124 e. The van der Waals surface area contributed by atoms with E-state index in [2.05, 4.69) is 0 Å². The van der Waals surface area contributed by atoms with Crippen LogP contribution in [0.1, 0.15) is 24.1 Å². The molecule has 0 heterocycles. The van der Waals surface area contributed by atoms with Gasteiger partial charge in [0, 0.05) is 6.04 Å². The van der Waals surface area contributed by atoms with E-state index in [1.807, 2.05) is 6.07 Å². The highest BCUT2D eigenvalue weighted by molar-refractivity contribution is 5.85. The van der Waals surface area contributed by atoms with Gasteiger partial charge in [-0.3, -0.25) is 0 Å². The summed E-state index contributed by atoms with van der Waals surface area (Å²) in [7, 11) is 0. The Morgan fingerprint density at radius 3 is 2.54 bits per heavy atom. The molecule has 1 rings (SSSR count). The zero-order valence-electron chi connectivity index (χ0n) is 7.12. The molecular weight excluding hydrogens is 191 g/mol. The van der Waals surface area contributed by atoms with Crippen molar-refractivity contribution in [2.24, 2.45) is 5.73 Å². The van der Waals surface area contributed by atoms with E-state index in [0.29, 0.717) is 11.1 Å². The maximum absolute atomic E-state index is 12.8. The van der Waals surface area contributed by atoms with Crippen LogP contribution in [0.5, 0.6) is 0 Å². The number of hydrogen-bond acceptors (Lipinski definition) is 2. The van der Waals surface area contributed by atoms with Crippen LogP contribution in [0.4, 0.5) is 4.39 Å². The SMILES string of the molecule is C[C@H](N)c1cc(F)cc(C#N)c1.Cl. The Hall–Kier alpha value is -1.11. The molecule has 0 saturated carbocycles. The largest absolute Gasteiger partial charge is 0.324 e. The summed E-state index contributed by atoms with van der Waals surface area (Å²) < 4.78 is 12.8. The van der Waals surface area contributed by atoms with Gasteiger partial charge in [0.15, 0.2) is 0 Å².